The van der Waals surface area contributed by atoms with Gasteiger partial charge in [0.2, 0.25) is 5.91 Å². The summed E-state index contributed by atoms with van der Waals surface area (Å²) in [7, 11) is -1.61. The lowest BCUT2D eigenvalue weighted by Gasteiger charge is -2.03. The number of carbonyl (C=O) groups is 1. The second-order valence-electron chi connectivity index (χ2n) is 2.87. The van der Waals surface area contributed by atoms with Gasteiger partial charge in [-0.3, -0.25) is 9.00 Å². The SMILES string of the molecule is CCNC(=O)CS(=O)c1ccccc1F. The molecule has 0 saturated carbocycles. The first-order valence-corrected chi connectivity index (χ1v) is 5.86. The van der Waals surface area contributed by atoms with E-state index in [1.807, 2.05) is 0 Å². The Kier molecular flexibility index (Phi) is 4.42. The maximum Gasteiger partial charge on any atom is 0.232 e. The summed E-state index contributed by atoms with van der Waals surface area (Å²) in [6.45, 7) is 2.25. The average Bonchev–Trinajstić information content (AvgIpc) is 2.18. The molecule has 1 N–H and O–H groups in total. The molecular formula is C10H12FNO2S. The van der Waals surface area contributed by atoms with Gasteiger partial charge in [0.15, 0.2) is 0 Å². The zero-order valence-electron chi connectivity index (χ0n) is 8.33. The number of amides is 1. The van der Waals surface area contributed by atoms with Crippen LogP contribution in [0.3, 0.4) is 0 Å². The topological polar surface area (TPSA) is 46.2 Å². The summed E-state index contributed by atoms with van der Waals surface area (Å²) in [5, 5.41) is 2.51. The number of hydrogen-bond acceptors (Lipinski definition) is 2. The van der Waals surface area contributed by atoms with Gasteiger partial charge in [-0.05, 0) is 19.1 Å². The number of halogens is 1. The fraction of sp³-hybridized carbons (Fsp3) is 0.300. The lowest BCUT2D eigenvalue weighted by Crippen LogP contribution is -2.28. The normalized spacial score (nSPS) is 12.1. The Balaban J connectivity index is 2.70. The van der Waals surface area contributed by atoms with E-state index in [0.717, 1.165) is 0 Å². The Morgan fingerprint density at radius 1 is 1.47 bits per heavy atom. The van der Waals surface area contributed by atoms with E-state index in [0.29, 0.717) is 6.54 Å². The Hall–Kier alpha value is -1.23. The fourth-order valence-corrected chi connectivity index (χ4v) is 2.09. The van der Waals surface area contributed by atoms with Crippen LogP contribution in [0.2, 0.25) is 0 Å². The number of rotatable bonds is 4. The van der Waals surface area contributed by atoms with E-state index in [1.165, 1.54) is 18.2 Å². The smallest absolute Gasteiger partial charge is 0.232 e. The third kappa shape index (κ3) is 3.43. The average molecular weight is 229 g/mol. The van der Waals surface area contributed by atoms with Crippen molar-refractivity contribution < 1.29 is 13.4 Å². The number of benzene rings is 1. The van der Waals surface area contributed by atoms with E-state index < -0.39 is 16.6 Å². The minimum Gasteiger partial charge on any atom is -0.356 e. The summed E-state index contributed by atoms with van der Waals surface area (Å²) in [5.74, 6) is -1.08. The maximum atomic E-state index is 13.2. The molecule has 0 aliphatic carbocycles. The number of nitrogens with one attached hydrogen (secondary N) is 1. The van der Waals surface area contributed by atoms with Gasteiger partial charge in [-0.15, -0.1) is 0 Å². The van der Waals surface area contributed by atoms with Crippen LogP contribution in [0.1, 0.15) is 6.92 Å². The van der Waals surface area contributed by atoms with Crippen LogP contribution in [-0.2, 0) is 15.6 Å². The Morgan fingerprint density at radius 2 is 2.13 bits per heavy atom. The van der Waals surface area contributed by atoms with Gasteiger partial charge in [0.05, 0.1) is 15.7 Å². The molecule has 5 heteroatoms. The monoisotopic (exact) mass is 229 g/mol. The minimum atomic E-state index is -1.61. The minimum absolute atomic E-state index is 0.0729. The molecule has 0 radical (unpaired) electrons. The second kappa shape index (κ2) is 5.60. The van der Waals surface area contributed by atoms with Crippen LogP contribution in [0.15, 0.2) is 29.2 Å². The van der Waals surface area contributed by atoms with Crippen molar-refractivity contribution in [2.45, 2.75) is 11.8 Å². The van der Waals surface area contributed by atoms with E-state index in [2.05, 4.69) is 5.32 Å². The highest BCUT2D eigenvalue weighted by Crippen LogP contribution is 2.11. The highest BCUT2D eigenvalue weighted by molar-refractivity contribution is 7.85. The van der Waals surface area contributed by atoms with Crippen LogP contribution in [0.25, 0.3) is 0 Å². The third-order valence-electron chi connectivity index (χ3n) is 1.72. The van der Waals surface area contributed by atoms with E-state index in [4.69, 9.17) is 0 Å². The third-order valence-corrected chi connectivity index (χ3v) is 3.06. The van der Waals surface area contributed by atoms with Crippen molar-refractivity contribution in [3.63, 3.8) is 0 Å². The van der Waals surface area contributed by atoms with Crippen molar-refractivity contribution in [2.75, 3.05) is 12.3 Å². The summed E-state index contributed by atoms with van der Waals surface area (Å²) < 4.78 is 24.7. The van der Waals surface area contributed by atoms with Gasteiger partial charge < -0.3 is 5.32 Å². The summed E-state index contributed by atoms with van der Waals surface area (Å²) in [6, 6.07) is 5.76. The lowest BCUT2D eigenvalue weighted by atomic mass is 10.3. The molecule has 0 spiro atoms. The molecule has 1 unspecified atom stereocenters. The highest BCUT2D eigenvalue weighted by atomic mass is 32.2. The molecule has 1 aromatic carbocycles. The molecule has 0 aliphatic heterocycles. The zero-order chi connectivity index (χ0) is 11.3. The molecule has 0 fully saturated rings. The van der Waals surface area contributed by atoms with E-state index >= 15 is 0 Å². The van der Waals surface area contributed by atoms with Gasteiger partial charge >= 0.3 is 0 Å². The standard InChI is InChI=1S/C10H12FNO2S/c1-2-12-10(13)7-15(14)9-6-4-3-5-8(9)11/h3-6H,2,7H2,1H3,(H,12,13). The predicted octanol–water partition coefficient (Wildman–Crippen LogP) is 1.07. The van der Waals surface area contributed by atoms with Gasteiger partial charge in [-0.25, -0.2) is 4.39 Å². The molecule has 1 rings (SSSR count). The molecule has 1 amide bonds. The molecule has 3 nitrogen and oxygen atoms in total. The largest absolute Gasteiger partial charge is 0.356 e. The van der Waals surface area contributed by atoms with Crippen molar-refractivity contribution in [3.05, 3.63) is 30.1 Å². The quantitative estimate of drug-likeness (QED) is 0.839. The van der Waals surface area contributed by atoms with Gasteiger partial charge in [-0.2, -0.15) is 0 Å². The van der Waals surface area contributed by atoms with Crippen LogP contribution < -0.4 is 5.32 Å². The molecule has 0 bridgehead atoms. The van der Waals surface area contributed by atoms with Crippen LogP contribution >= 0.6 is 0 Å². The molecule has 1 atom stereocenters. The summed E-state index contributed by atoms with van der Waals surface area (Å²) >= 11 is 0. The molecule has 1 aromatic rings. The highest BCUT2D eigenvalue weighted by Gasteiger charge is 2.12. The van der Waals surface area contributed by atoms with Crippen LogP contribution in [0.5, 0.6) is 0 Å². The van der Waals surface area contributed by atoms with Gasteiger partial charge in [0.25, 0.3) is 0 Å². The number of hydrogen-bond donors (Lipinski definition) is 1. The first-order valence-electron chi connectivity index (χ1n) is 4.54. The maximum absolute atomic E-state index is 13.2. The molecular weight excluding hydrogens is 217 g/mol. The van der Waals surface area contributed by atoms with Gasteiger partial charge in [0, 0.05) is 6.54 Å². The second-order valence-corrected chi connectivity index (χ2v) is 4.29. The summed E-state index contributed by atoms with van der Waals surface area (Å²) in [5.41, 5.74) is 0. The van der Waals surface area contributed by atoms with Crippen molar-refractivity contribution in [3.8, 4) is 0 Å². The molecule has 0 aliphatic rings. The van der Waals surface area contributed by atoms with Crippen molar-refractivity contribution in [1.29, 1.82) is 0 Å². The van der Waals surface area contributed by atoms with Gasteiger partial charge in [-0.1, -0.05) is 12.1 Å². The van der Waals surface area contributed by atoms with Crippen molar-refractivity contribution in [2.24, 2.45) is 0 Å². The number of carbonyl (C=O) groups excluding carboxylic acids is 1. The van der Waals surface area contributed by atoms with Crippen LogP contribution in [-0.4, -0.2) is 22.4 Å². The molecule has 0 heterocycles. The van der Waals surface area contributed by atoms with Gasteiger partial charge in [0.1, 0.15) is 11.6 Å². The Bertz CT molecular complexity index is 381. The van der Waals surface area contributed by atoms with Crippen molar-refractivity contribution in [1.82, 2.24) is 5.32 Å². The summed E-state index contributed by atoms with van der Waals surface area (Å²) in [4.78, 5) is 11.2. The molecule has 15 heavy (non-hydrogen) atoms. The van der Waals surface area contributed by atoms with E-state index in [-0.39, 0.29) is 16.6 Å². The van der Waals surface area contributed by atoms with E-state index in [1.54, 1.807) is 13.0 Å². The fourth-order valence-electron chi connectivity index (χ4n) is 1.07. The van der Waals surface area contributed by atoms with Crippen molar-refractivity contribution >= 4 is 16.7 Å². The molecule has 0 saturated heterocycles. The zero-order valence-corrected chi connectivity index (χ0v) is 9.14. The summed E-state index contributed by atoms with van der Waals surface area (Å²) in [6.07, 6.45) is 0. The lowest BCUT2D eigenvalue weighted by molar-refractivity contribution is -0.118. The molecule has 0 aromatic heterocycles. The van der Waals surface area contributed by atoms with E-state index in [9.17, 15) is 13.4 Å². The van der Waals surface area contributed by atoms with Crippen LogP contribution in [0.4, 0.5) is 4.39 Å². The first-order chi connectivity index (χ1) is 7.15. The Morgan fingerprint density at radius 3 is 2.73 bits per heavy atom. The molecule has 82 valence electrons. The van der Waals surface area contributed by atoms with Crippen LogP contribution in [0, 0.1) is 5.82 Å². The Labute approximate surface area is 90.1 Å². The first kappa shape index (κ1) is 11.8. The predicted molar refractivity (Wildman–Crippen MR) is 56.4 cm³/mol.